The second-order valence-corrected chi connectivity index (χ2v) is 5.34. The van der Waals surface area contributed by atoms with Crippen LogP contribution >= 0.6 is 11.3 Å². The summed E-state index contributed by atoms with van der Waals surface area (Å²) in [7, 11) is 0. The van der Waals surface area contributed by atoms with Crippen molar-refractivity contribution in [3.8, 4) is 0 Å². The van der Waals surface area contributed by atoms with E-state index >= 15 is 0 Å². The quantitative estimate of drug-likeness (QED) is 0.746. The van der Waals surface area contributed by atoms with Gasteiger partial charge in [0.1, 0.15) is 10.6 Å². The zero-order valence-corrected chi connectivity index (χ0v) is 11.3. The van der Waals surface area contributed by atoms with Crippen molar-refractivity contribution in [3.05, 3.63) is 16.1 Å². The third-order valence-electron chi connectivity index (χ3n) is 3.47. The Morgan fingerprint density at radius 2 is 2.06 bits per heavy atom. The van der Waals surface area contributed by atoms with Crippen molar-refractivity contribution in [1.82, 2.24) is 4.98 Å². The van der Waals surface area contributed by atoms with E-state index in [1.165, 1.54) is 23.5 Å². The molecule has 0 bridgehead atoms. The second kappa shape index (κ2) is 4.84. The van der Waals surface area contributed by atoms with Crippen molar-refractivity contribution in [2.45, 2.75) is 58.0 Å². The molecule has 0 amide bonds. The van der Waals surface area contributed by atoms with Crippen LogP contribution in [0.2, 0.25) is 0 Å². The SMILES string of the molecule is CCOC(CC)(CC)c1nc(C2CC2)cs1. The van der Waals surface area contributed by atoms with Gasteiger partial charge in [-0.25, -0.2) is 4.98 Å². The summed E-state index contributed by atoms with van der Waals surface area (Å²) in [6.07, 6.45) is 4.66. The van der Waals surface area contributed by atoms with E-state index in [0.29, 0.717) is 0 Å². The predicted molar refractivity (Wildman–Crippen MR) is 68.0 cm³/mol. The largest absolute Gasteiger partial charge is 0.368 e. The molecule has 1 aliphatic carbocycles. The average Bonchev–Trinajstić information content (AvgIpc) is 3.05. The molecule has 2 rings (SSSR count). The van der Waals surface area contributed by atoms with Crippen molar-refractivity contribution in [2.24, 2.45) is 0 Å². The Morgan fingerprint density at radius 3 is 2.56 bits per heavy atom. The third kappa shape index (κ3) is 2.16. The number of aromatic nitrogens is 1. The van der Waals surface area contributed by atoms with Crippen molar-refractivity contribution >= 4 is 11.3 Å². The number of hydrogen-bond donors (Lipinski definition) is 0. The molecular formula is C13H21NOS. The predicted octanol–water partition coefficient (Wildman–Crippen LogP) is 4.07. The minimum Gasteiger partial charge on any atom is -0.368 e. The van der Waals surface area contributed by atoms with Crippen LogP contribution in [0.1, 0.15) is 63.1 Å². The van der Waals surface area contributed by atoms with Crippen molar-refractivity contribution in [3.63, 3.8) is 0 Å². The minimum absolute atomic E-state index is 0.132. The van der Waals surface area contributed by atoms with E-state index in [2.05, 4.69) is 26.2 Å². The van der Waals surface area contributed by atoms with Gasteiger partial charge in [0.25, 0.3) is 0 Å². The first kappa shape index (κ1) is 12.1. The molecule has 0 unspecified atom stereocenters. The molecule has 16 heavy (non-hydrogen) atoms. The molecule has 2 nitrogen and oxygen atoms in total. The summed E-state index contributed by atoms with van der Waals surface area (Å²) in [5.74, 6) is 0.748. The van der Waals surface area contributed by atoms with E-state index in [1.807, 2.05) is 0 Å². The summed E-state index contributed by atoms with van der Waals surface area (Å²) < 4.78 is 5.98. The van der Waals surface area contributed by atoms with Gasteiger partial charge in [0.05, 0.1) is 5.69 Å². The summed E-state index contributed by atoms with van der Waals surface area (Å²) in [4.78, 5) is 4.80. The molecular weight excluding hydrogens is 218 g/mol. The highest BCUT2D eigenvalue weighted by molar-refractivity contribution is 7.09. The first-order valence-corrected chi connectivity index (χ1v) is 7.23. The monoisotopic (exact) mass is 239 g/mol. The molecule has 0 radical (unpaired) electrons. The normalized spacial score (nSPS) is 16.7. The zero-order valence-electron chi connectivity index (χ0n) is 10.5. The molecule has 0 N–H and O–H groups in total. The molecule has 1 aromatic heterocycles. The van der Waals surface area contributed by atoms with E-state index in [-0.39, 0.29) is 5.60 Å². The molecule has 1 heterocycles. The van der Waals surface area contributed by atoms with Crippen molar-refractivity contribution in [2.75, 3.05) is 6.61 Å². The van der Waals surface area contributed by atoms with E-state index < -0.39 is 0 Å². The maximum absolute atomic E-state index is 5.98. The van der Waals surface area contributed by atoms with Gasteiger partial charge in [-0.15, -0.1) is 11.3 Å². The highest BCUT2D eigenvalue weighted by atomic mass is 32.1. The Labute approximate surface area is 102 Å². The molecule has 1 aliphatic rings. The molecule has 0 atom stereocenters. The number of nitrogens with zero attached hydrogens (tertiary/aromatic N) is 1. The smallest absolute Gasteiger partial charge is 0.125 e. The Bertz CT molecular complexity index is 339. The number of hydrogen-bond acceptors (Lipinski definition) is 3. The summed E-state index contributed by atoms with van der Waals surface area (Å²) in [6, 6.07) is 0. The molecule has 1 saturated carbocycles. The van der Waals surface area contributed by atoms with Crippen LogP contribution in [-0.4, -0.2) is 11.6 Å². The Hall–Kier alpha value is -0.410. The van der Waals surface area contributed by atoms with E-state index in [0.717, 1.165) is 25.4 Å². The van der Waals surface area contributed by atoms with Gasteiger partial charge in [-0.2, -0.15) is 0 Å². The fourth-order valence-electron chi connectivity index (χ4n) is 2.16. The fourth-order valence-corrected chi connectivity index (χ4v) is 3.35. The number of thiazole rings is 1. The van der Waals surface area contributed by atoms with Crippen molar-refractivity contribution in [1.29, 1.82) is 0 Å². The topological polar surface area (TPSA) is 22.1 Å². The maximum Gasteiger partial charge on any atom is 0.125 e. The molecule has 0 aliphatic heterocycles. The zero-order chi connectivity index (χ0) is 11.6. The molecule has 0 saturated heterocycles. The van der Waals surface area contributed by atoms with Gasteiger partial charge in [0, 0.05) is 17.9 Å². The lowest BCUT2D eigenvalue weighted by molar-refractivity contribution is -0.0507. The van der Waals surface area contributed by atoms with Crippen LogP contribution in [0.15, 0.2) is 5.38 Å². The first-order chi connectivity index (χ1) is 7.75. The lowest BCUT2D eigenvalue weighted by Crippen LogP contribution is -2.28. The Balaban J connectivity index is 2.22. The Morgan fingerprint density at radius 1 is 1.38 bits per heavy atom. The molecule has 1 aromatic rings. The Kier molecular flexibility index (Phi) is 3.65. The van der Waals surface area contributed by atoms with Crippen LogP contribution in [0.25, 0.3) is 0 Å². The van der Waals surface area contributed by atoms with Crippen LogP contribution < -0.4 is 0 Å². The van der Waals surface area contributed by atoms with Crippen LogP contribution in [0.3, 0.4) is 0 Å². The number of ether oxygens (including phenoxy) is 1. The van der Waals surface area contributed by atoms with Gasteiger partial charge in [-0.05, 0) is 32.6 Å². The second-order valence-electron chi connectivity index (χ2n) is 4.49. The molecule has 90 valence electrons. The first-order valence-electron chi connectivity index (χ1n) is 6.35. The van der Waals surface area contributed by atoms with E-state index in [9.17, 15) is 0 Å². The average molecular weight is 239 g/mol. The van der Waals surface area contributed by atoms with Crippen LogP contribution in [0.4, 0.5) is 0 Å². The van der Waals surface area contributed by atoms with Gasteiger partial charge in [0.15, 0.2) is 0 Å². The fraction of sp³-hybridized carbons (Fsp3) is 0.769. The molecule has 0 aromatic carbocycles. The van der Waals surface area contributed by atoms with Crippen molar-refractivity contribution < 1.29 is 4.74 Å². The lowest BCUT2D eigenvalue weighted by Gasteiger charge is -2.29. The number of rotatable bonds is 6. The van der Waals surface area contributed by atoms with Gasteiger partial charge >= 0.3 is 0 Å². The van der Waals surface area contributed by atoms with Gasteiger partial charge in [0.2, 0.25) is 0 Å². The third-order valence-corrected chi connectivity index (χ3v) is 4.52. The maximum atomic E-state index is 5.98. The van der Waals surface area contributed by atoms with Crippen LogP contribution in [-0.2, 0) is 10.3 Å². The standard InChI is InChI=1S/C13H21NOS/c1-4-13(5-2,15-6-3)12-14-11(9-16-12)10-7-8-10/h9-10H,4-8H2,1-3H3. The van der Waals surface area contributed by atoms with Gasteiger partial charge in [-0.1, -0.05) is 13.8 Å². The highest BCUT2D eigenvalue weighted by Crippen LogP contribution is 2.43. The minimum atomic E-state index is -0.132. The summed E-state index contributed by atoms with van der Waals surface area (Å²) >= 11 is 1.78. The highest BCUT2D eigenvalue weighted by Gasteiger charge is 2.34. The van der Waals surface area contributed by atoms with Gasteiger partial charge in [-0.3, -0.25) is 0 Å². The van der Waals surface area contributed by atoms with Crippen LogP contribution in [0.5, 0.6) is 0 Å². The molecule has 0 spiro atoms. The summed E-state index contributed by atoms with van der Waals surface area (Å²) in [6.45, 7) is 7.21. The van der Waals surface area contributed by atoms with E-state index in [1.54, 1.807) is 11.3 Å². The van der Waals surface area contributed by atoms with E-state index in [4.69, 9.17) is 9.72 Å². The summed E-state index contributed by atoms with van der Waals surface area (Å²) in [5.41, 5.74) is 1.16. The van der Waals surface area contributed by atoms with Crippen LogP contribution in [0, 0.1) is 0 Å². The summed E-state index contributed by atoms with van der Waals surface area (Å²) in [5, 5.41) is 3.41. The molecule has 1 fully saturated rings. The molecule has 3 heteroatoms. The lowest BCUT2D eigenvalue weighted by atomic mass is 9.98. The van der Waals surface area contributed by atoms with Gasteiger partial charge < -0.3 is 4.74 Å².